The predicted octanol–water partition coefficient (Wildman–Crippen LogP) is -0.446. The Balaban J connectivity index is 2.36. The van der Waals surface area contributed by atoms with Gasteiger partial charge in [0.25, 0.3) is 0 Å². The van der Waals surface area contributed by atoms with Gasteiger partial charge in [-0.25, -0.2) is 18.2 Å². The average molecular weight is 229 g/mol. The number of aromatic amines is 1. The Labute approximate surface area is 87.0 Å². The number of sulfonamides is 1. The van der Waals surface area contributed by atoms with Crippen molar-refractivity contribution in [3.8, 4) is 0 Å². The van der Waals surface area contributed by atoms with Gasteiger partial charge in [0.2, 0.25) is 10.0 Å². The first-order valence-corrected chi connectivity index (χ1v) is 6.09. The van der Waals surface area contributed by atoms with E-state index < -0.39 is 15.7 Å². The van der Waals surface area contributed by atoms with E-state index >= 15 is 0 Å². The highest BCUT2D eigenvalue weighted by molar-refractivity contribution is 7.89. The average Bonchev–Trinajstić information content (AvgIpc) is 2.71. The number of nitrogens with zero attached hydrogens (tertiary/aromatic N) is 2. The van der Waals surface area contributed by atoms with Crippen molar-refractivity contribution < 1.29 is 8.42 Å². The molecule has 0 aliphatic carbocycles. The molecule has 82 valence electrons. The minimum Gasteiger partial charge on any atom is -0.311 e. The van der Waals surface area contributed by atoms with E-state index in [0.29, 0.717) is 13.1 Å². The van der Waals surface area contributed by atoms with E-state index in [4.69, 9.17) is 0 Å². The molecule has 0 saturated carbocycles. The molecule has 0 spiro atoms. The van der Waals surface area contributed by atoms with Crippen molar-refractivity contribution in [2.24, 2.45) is 0 Å². The van der Waals surface area contributed by atoms with Crippen molar-refractivity contribution in [1.82, 2.24) is 14.3 Å². The number of H-pyrrole nitrogens is 1. The zero-order valence-electron chi connectivity index (χ0n) is 8.01. The molecule has 0 aromatic carbocycles. The summed E-state index contributed by atoms with van der Waals surface area (Å²) in [6.07, 6.45) is 4.04. The van der Waals surface area contributed by atoms with Crippen LogP contribution in [-0.4, -0.2) is 35.8 Å². The molecule has 0 amide bonds. The third-order valence-electron chi connectivity index (χ3n) is 2.35. The van der Waals surface area contributed by atoms with Gasteiger partial charge in [0, 0.05) is 19.3 Å². The van der Waals surface area contributed by atoms with Crippen LogP contribution in [0.1, 0.15) is 12.8 Å². The molecule has 7 heteroatoms. The van der Waals surface area contributed by atoms with Crippen LogP contribution in [0, 0.1) is 0 Å². The Hall–Kier alpha value is -1.21. The summed E-state index contributed by atoms with van der Waals surface area (Å²) in [5.41, 5.74) is -0.546. The first-order valence-electron chi connectivity index (χ1n) is 4.65. The van der Waals surface area contributed by atoms with Gasteiger partial charge in [0.05, 0.1) is 6.20 Å². The fourth-order valence-electron chi connectivity index (χ4n) is 1.55. The van der Waals surface area contributed by atoms with Gasteiger partial charge in [0.15, 0.2) is 0 Å². The molecule has 1 aromatic heterocycles. The van der Waals surface area contributed by atoms with Crippen molar-refractivity contribution in [2.45, 2.75) is 17.7 Å². The minimum absolute atomic E-state index is 0.0454. The molecular weight excluding hydrogens is 218 g/mol. The lowest BCUT2D eigenvalue weighted by Crippen LogP contribution is -2.28. The highest BCUT2D eigenvalue weighted by atomic mass is 32.2. The van der Waals surface area contributed by atoms with Crippen molar-refractivity contribution in [2.75, 3.05) is 13.1 Å². The quantitative estimate of drug-likeness (QED) is 0.744. The zero-order valence-corrected chi connectivity index (χ0v) is 8.83. The lowest BCUT2D eigenvalue weighted by atomic mass is 10.4. The van der Waals surface area contributed by atoms with Gasteiger partial charge in [0.1, 0.15) is 4.90 Å². The van der Waals surface area contributed by atoms with Crippen LogP contribution in [0.15, 0.2) is 22.1 Å². The largest absolute Gasteiger partial charge is 0.344 e. The molecule has 6 nitrogen and oxygen atoms in total. The van der Waals surface area contributed by atoms with Crippen molar-refractivity contribution in [3.63, 3.8) is 0 Å². The monoisotopic (exact) mass is 229 g/mol. The van der Waals surface area contributed by atoms with Gasteiger partial charge in [-0.05, 0) is 12.8 Å². The van der Waals surface area contributed by atoms with E-state index in [2.05, 4.69) is 9.97 Å². The number of hydrogen-bond donors (Lipinski definition) is 1. The van der Waals surface area contributed by atoms with E-state index in [1.165, 1.54) is 10.5 Å². The van der Waals surface area contributed by atoms with E-state index in [9.17, 15) is 13.2 Å². The van der Waals surface area contributed by atoms with Gasteiger partial charge in [-0.15, -0.1) is 0 Å². The Morgan fingerprint density at radius 2 is 2.00 bits per heavy atom. The Kier molecular flexibility index (Phi) is 2.57. The van der Waals surface area contributed by atoms with Crippen molar-refractivity contribution in [1.29, 1.82) is 0 Å². The summed E-state index contributed by atoms with van der Waals surface area (Å²) in [6.45, 7) is 1.09. The van der Waals surface area contributed by atoms with Gasteiger partial charge in [-0.3, -0.25) is 0 Å². The zero-order chi connectivity index (χ0) is 10.9. The molecule has 0 bridgehead atoms. The second-order valence-corrected chi connectivity index (χ2v) is 5.30. The molecule has 1 saturated heterocycles. The third-order valence-corrected chi connectivity index (χ3v) is 4.21. The Morgan fingerprint density at radius 3 is 2.53 bits per heavy atom. The van der Waals surface area contributed by atoms with Crippen molar-refractivity contribution >= 4 is 10.0 Å². The van der Waals surface area contributed by atoms with Gasteiger partial charge >= 0.3 is 5.69 Å². The van der Waals surface area contributed by atoms with Gasteiger partial charge in [-0.1, -0.05) is 0 Å². The fraction of sp³-hybridized carbons (Fsp3) is 0.500. The molecule has 0 radical (unpaired) electrons. The van der Waals surface area contributed by atoms with E-state index in [0.717, 1.165) is 19.0 Å². The lowest BCUT2D eigenvalue weighted by Gasteiger charge is -2.14. The van der Waals surface area contributed by atoms with Crippen molar-refractivity contribution in [3.05, 3.63) is 22.9 Å². The van der Waals surface area contributed by atoms with Crippen LogP contribution in [0.2, 0.25) is 0 Å². The molecule has 1 aliphatic heterocycles. The number of aromatic nitrogens is 2. The highest BCUT2D eigenvalue weighted by Gasteiger charge is 2.27. The summed E-state index contributed by atoms with van der Waals surface area (Å²) in [5.74, 6) is 0. The van der Waals surface area contributed by atoms with E-state index in [1.807, 2.05) is 0 Å². The summed E-state index contributed by atoms with van der Waals surface area (Å²) >= 11 is 0. The normalized spacial score (nSPS) is 18.1. The van der Waals surface area contributed by atoms with Gasteiger partial charge in [-0.2, -0.15) is 4.31 Å². The molecule has 1 fully saturated rings. The molecule has 0 atom stereocenters. The molecule has 2 rings (SSSR count). The third kappa shape index (κ3) is 1.93. The number of rotatable bonds is 2. The van der Waals surface area contributed by atoms with Crippen LogP contribution in [0.3, 0.4) is 0 Å². The summed E-state index contributed by atoms with van der Waals surface area (Å²) in [4.78, 5) is 16.4. The highest BCUT2D eigenvalue weighted by Crippen LogP contribution is 2.18. The SMILES string of the molecule is O=c1ncc(S(=O)(=O)N2CCCC2)c[nH]1. The molecule has 1 N–H and O–H groups in total. The molecule has 1 aromatic rings. The number of hydrogen-bond acceptors (Lipinski definition) is 4. The standard InChI is InChI=1S/C8H11N3O3S/c12-8-9-5-7(6-10-8)15(13,14)11-3-1-2-4-11/h5-6H,1-4H2,(H,9,10,12). The Morgan fingerprint density at radius 1 is 1.33 bits per heavy atom. The second kappa shape index (κ2) is 3.74. The lowest BCUT2D eigenvalue weighted by molar-refractivity contribution is 0.476. The second-order valence-electron chi connectivity index (χ2n) is 3.37. The Bertz CT molecular complexity index is 482. The first kappa shape index (κ1) is 10.3. The van der Waals surface area contributed by atoms with Gasteiger partial charge < -0.3 is 4.98 Å². The number of nitrogens with one attached hydrogen (secondary N) is 1. The molecule has 0 unspecified atom stereocenters. The summed E-state index contributed by atoms with van der Waals surface area (Å²) < 4.78 is 25.2. The van der Waals surface area contributed by atoms with Crippen LogP contribution < -0.4 is 5.69 Å². The van der Waals surface area contributed by atoms with Crippen LogP contribution in [0.5, 0.6) is 0 Å². The fourth-order valence-corrected chi connectivity index (χ4v) is 2.98. The van der Waals surface area contributed by atoms with E-state index in [1.54, 1.807) is 0 Å². The molecule has 2 heterocycles. The summed E-state index contributed by atoms with van der Waals surface area (Å²) in [5, 5.41) is 0. The smallest absolute Gasteiger partial charge is 0.311 e. The molecule has 1 aliphatic rings. The summed E-state index contributed by atoms with van der Waals surface area (Å²) in [6, 6.07) is 0. The first-order chi connectivity index (χ1) is 7.10. The van der Waals surface area contributed by atoms with Crippen LogP contribution in [-0.2, 0) is 10.0 Å². The minimum atomic E-state index is -3.45. The van der Waals surface area contributed by atoms with Crippen LogP contribution >= 0.6 is 0 Å². The topological polar surface area (TPSA) is 83.1 Å². The van der Waals surface area contributed by atoms with Crippen LogP contribution in [0.4, 0.5) is 0 Å². The maximum Gasteiger partial charge on any atom is 0.344 e. The van der Waals surface area contributed by atoms with Crippen LogP contribution in [0.25, 0.3) is 0 Å². The van der Waals surface area contributed by atoms with E-state index in [-0.39, 0.29) is 4.90 Å². The maximum atomic E-state index is 11.9. The molecular formula is C8H11N3O3S. The summed E-state index contributed by atoms with van der Waals surface area (Å²) in [7, 11) is -3.45. The predicted molar refractivity (Wildman–Crippen MR) is 52.9 cm³/mol. The maximum absolute atomic E-state index is 11.9. The molecule has 15 heavy (non-hydrogen) atoms.